The second-order valence-electron chi connectivity index (χ2n) is 9.08. The molecule has 0 spiro atoms. The maximum atomic E-state index is 13.7. The first-order valence-corrected chi connectivity index (χ1v) is 11.9. The van der Waals surface area contributed by atoms with Crippen molar-refractivity contribution in [2.45, 2.75) is 45.6 Å². The normalized spacial score (nSPS) is 13.5. The van der Waals surface area contributed by atoms with Gasteiger partial charge in [0, 0.05) is 22.5 Å². The summed E-state index contributed by atoms with van der Waals surface area (Å²) < 4.78 is 58.1. The zero-order chi connectivity index (χ0) is 25.4. The van der Waals surface area contributed by atoms with E-state index < -0.39 is 22.7 Å². The Kier molecular flexibility index (Phi) is 6.73. The molecule has 4 rings (SSSR count). The maximum absolute atomic E-state index is 13.7. The van der Waals surface area contributed by atoms with Crippen molar-refractivity contribution in [2.24, 2.45) is 0 Å². The summed E-state index contributed by atoms with van der Waals surface area (Å²) in [5, 5.41) is 0. The van der Waals surface area contributed by atoms with Crippen LogP contribution in [-0.2, 0) is 23.9 Å². The molecular formula is C26H26F3NO4S. The van der Waals surface area contributed by atoms with Crippen LogP contribution in [-0.4, -0.2) is 25.3 Å². The zero-order valence-corrected chi connectivity index (χ0v) is 20.7. The van der Waals surface area contributed by atoms with Gasteiger partial charge in [-0.15, -0.1) is 11.3 Å². The number of hydrogen-bond acceptors (Lipinski definition) is 5. The fourth-order valence-corrected chi connectivity index (χ4v) is 4.94. The van der Waals surface area contributed by atoms with E-state index in [0.29, 0.717) is 51.9 Å². The van der Waals surface area contributed by atoms with E-state index >= 15 is 0 Å². The predicted molar refractivity (Wildman–Crippen MR) is 129 cm³/mol. The quantitative estimate of drug-likeness (QED) is 0.365. The van der Waals surface area contributed by atoms with Gasteiger partial charge in [-0.3, -0.25) is 4.90 Å². The third-order valence-corrected chi connectivity index (χ3v) is 6.54. The number of carbonyl (C=O) groups is 1. The number of methoxy groups -OCH3 is 1. The van der Waals surface area contributed by atoms with E-state index in [1.54, 1.807) is 68.1 Å². The largest absolute Gasteiger partial charge is 0.492 e. The average molecular weight is 506 g/mol. The van der Waals surface area contributed by atoms with E-state index in [-0.39, 0.29) is 12.2 Å². The van der Waals surface area contributed by atoms with E-state index in [2.05, 4.69) is 0 Å². The molecule has 0 N–H and O–H groups in total. The summed E-state index contributed by atoms with van der Waals surface area (Å²) in [5.41, 5.74) is 1.48. The van der Waals surface area contributed by atoms with Gasteiger partial charge in [0.25, 0.3) is 0 Å². The lowest BCUT2D eigenvalue weighted by Gasteiger charge is -2.25. The van der Waals surface area contributed by atoms with Gasteiger partial charge in [-0.25, -0.2) is 4.79 Å². The molecule has 1 amide bonds. The molecule has 0 unspecified atom stereocenters. The molecule has 1 aromatic heterocycles. The minimum atomic E-state index is -4.47. The van der Waals surface area contributed by atoms with Crippen molar-refractivity contribution in [3.63, 3.8) is 0 Å². The Bertz CT molecular complexity index is 1220. The predicted octanol–water partition coefficient (Wildman–Crippen LogP) is 7.32. The molecule has 0 atom stereocenters. The number of anilines is 1. The fourth-order valence-electron chi connectivity index (χ4n) is 3.98. The molecular weight excluding hydrogens is 479 g/mol. The molecule has 2 aromatic carbocycles. The Labute approximate surface area is 206 Å². The van der Waals surface area contributed by atoms with Crippen molar-refractivity contribution in [3.8, 4) is 22.6 Å². The van der Waals surface area contributed by atoms with Gasteiger partial charge in [-0.05, 0) is 51.0 Å². The smallest absolute Gasteiger partial charge is 0.426 e. The van der Waals surface area contributed by atoms with Gasteiger partial charge < -0.3 is 14.2 Å². The van der Waals surface area contributed by atoms with Crippen LogP contribution in [0.2, 0.25) is 0 Å². The molecule has 0 bridgehead atoms. The summed E-state index contributed by atoms with van der Waals surface area (Å²) in [6, 6.07) is 13.4. The Morgan fingerprint density at radius 1 is 1.09 bits per heavy atom. The summed E-state index contributed by atoms with van der Waals surface area (Å²) in [6.45, 7) is 5.79. The van der Waals surface area contributed by atoms with E-state index in [0.717, 1.165) is 5.56 Å². The molecule has 0 saturated heterocycles. The number of rotatable bonds is 5. The molecule has 186 valence electrons. The Morgan fingerprint density at radius 2 is 1.80 bits per heavy atom. The van der Waals surface area contributed by atoms with Crippen LogP contribution in [0.5, 0.6) is 11.5 Å². The van der Waals surface area contributed by atoms with Crippen molar-refractivity contribution in [3.05, 3.63) is 63.8 Å². The van der Waals surface area contributed by atoms with E-state index in [9.17, 15) is 18.0 Å². The minimum Gasteiger partial charge on any atom is -0.492 e. The third-order valence-electron chi connectivity index (χ3n) is 5.39. The first kappa shape index (κ1) is 24.9. The number of fused-ring (bicyclic) bond motifs is 1. The number of hydrogen-bond donors (Lipinski definition) is 0. The lowest BCUT2D eigenvalue weighted by atomic mass is 10.1. The summed E-state index contributed by atoms with van der Waals surface area (Å²) in [7, 11) is 1.50. The molecule has 1 aliphatic heterocycles. The first-order chi connectivity index (χ1) is 16.5. The summed E-state index contributed by atoms with van der Waals surface area (Å²) in [6.07, 6.45) is -4.37. The summed E-state index contributed by atoms with van der Waals surface area (Å²) >= 11 is 0.669. The van der Waals surface area contributed by atoms with Gasteiger partial charge in [0.2, 0.25) is 0 Å². The van der Waals surface area contributed by atoms with Crippen LogP contribution in [0, 0.1) is 0 Å². The van der Waals surface area contributed by atoms with Gasteiger partial charge in [-0.2, -0.15) is 13.2 Å². The van der Waals surface area contributed by atoms with Crippen LogP contribution in [0.3, 0.4) is 0 Å². The van der Waals surface area contributed by atoms with Crippen molar-refractivity contribution >= 4 is 23.1 Å². The van der Waals surface area contributed by atoms with Crippen molar-refractivity contribution in [1.82, 2.24) is 0 Å². The molecule has 0 saturated carbocycles. The van der Waals surface area contributed by atoms with Gasteiger partial charge in [-0.1, -0.05) is 30.3 Å². The SMILES string of the molecule is COc1c(OCc2cc(-c3ccccc3)c(C(F)(F)F)s2)ccc2c1CCN2C(=O)OC(C)(C)C. The van der Waals surface area contributed by atoms with Gasteiger partial charge >= 0.3 is 12.3 Å². The number of thiophene rings is 1. The number of ether oxygens (including phenoxy) is 3. The highest BCUT2D eigenvalue weighted by molar-refractivity contribution is 7.12. The Morgan fingerprint density at radius 3 is 2.43 bits per heavy atom. The van der Waals surface area contributed by atoms with Crippen LogP contribution in [0.25, 0.3) is 11.1 Å². The lowest BCUT2D eigenvalue weighted by molar-refractivity contribution is -0.133. The van der Waals surface area contributed by atoms with Crippen molar-refractivity contribution in [1.29, 1.82) is 0 Å². The second-order valence-corrected chi connectivity index (χ2v) is 10.2. The highest BCUT2D eigenvalue weighted by atomic mass is 32.1. The molecule has 1 aliphatic rings. The fraction of sp³-hybridized carbons (Fsp3) is 0.346. The van der Waals surface area contributed by atoms with Crippen LogP contribution in [0.15, 0.2) is 48.5 Å². The first-order valence-electron chi connectivity index (χ1n) is 11.1. The molecule has 0 aliphatic carbocycles. The van der Waals surface area contributed by atoms with E-state index in [1.807, 2.05) is 0 Å². The number of halogens is 3. The monoisotopic (exact) mass is 505 g/mol. The number of alkyl halides is 3. The van der Waals surface area contributed by atoms with Gasteiger partial charge in [0.15, 0.2) is 11.5 Å². The van der Waals surface area contributed by atoms with Crippen molar-refractivity contribution in [2.75, 3.05) is 18.6 Å². The van der Waals surface area contributed by atoms with Crippen molar-refractivity contribution < 1.29 is 32.2 Å². The van der Waals surface area contributed by atoms with E-state index in [4.69, 9.17) is 14.2 Å². The number of carbonyl (C=O) groups excluding carboxylic acids is 1. The van der Waals surface area contributed by atoms with E-state index in [1.165, 1.54) is 13.2 Å². The van der Waals surface area contributed by atoms with Crippen LogP contribution < -0.4 is 14.4 Å². The highest BCUT2D eigenvalue weighted by Crippen LogP contribution is 2.45. The number of nitrogens with zero attached hydrogens (tertiary/aromatic N) is 1. The van der Waals surface area contributed by atoms with Crippen LogP contribution >= 0.6 is 11.3 Å². The molecule has 9 heteroatoms. The Hall–Kier alpha value is -3.20. The highest BCUT2D eigenvalue weighted by Gasteiger charge is 2.36. The minimum absolute atomic E-state index is 0.0501. The summed E-state index contributed by atoms with van der Waals surface area (Å²) in [5.74, 6) is 0.866. The number of amides is 1. The van der Waals surface area contributed by atoms with Gasteiger partial charge in [0.05, 0.1) is 12.8 Å². The third kappa shape index (κ3) is 5.40. The standard InChI is InChI=1S/C26H26F3NO4S/c1-25(2,3)34-24(31)30-13-12-18-20(30)10-11-21(22(18)32-4)33-15-17-14-19(16-8-6-5-7-9-16)23(35-17)26(27,28)29/h5-11,14H,12-13,15H2,1-4H3. The average Bonchev–Trinajstić information content (AvgIpc) is 3.41. The van der Waals surface area contributed by atoms with Crippen LogP contribution in [0.1, 0.15) is 36.1 Å². The van der Waals surface area contributed by atoms with Gasteiger partial charge in [0.1, 0.15) is 17.1 Å². The molecule has 3 aromatic rings. The zero-order valence-electron chi connectivity index (χ0n) is 19.9. The molecule has 5 nitrogen and oxygen atoms in total. The van der Waals surface area contributed by atoms with Crippen LogP contribution in [0.4, 0.5) is 23.7 Å². The topological polar surface area (TPSA) is 48.0 Å². The molecule has 35 heavy (non-hydrogen) atoms. The number of benzene rings is 2. The lowest BCUT2D eigenvalue weighted by Crippen LogP contribution is -2.35. The summed E-state index contributed by atoms with van der Waals surface area (Å²) in [4.78, 5) is 13.9. The molecule has 0 radical (unpaired) electrons. The maximum Gasteiger partial charge on any atom is 0.426 e. The Balaban J connectivity index is 1.58. The second kappa shape index (κ2) is 9.45. The molecule has 0 fully saturated rings. The molecule has 2 heterocycles.